The number of hydrogen-bond donors (Lipinski definition) is 3. The maximum absolute atomic E-state index is 12.9. The van der Waals surface area contributed by atoms with Gasteiger partial charge in [-0.25, -0.2) is 14.0 Å². The van der Waals surface area contributed by atoms with Gasteiger partial charge in [0, 0.05) is 5.69 Å². The highest BCUT2D eigenvalue weighted by Crippen LogP contribution is 2.09. The molecule has 2 amide bonds. The lowest BCUT2D eigenvalue weighted by Crippen LogP contribution is -2.43. The molecule has 0 radical (unpaired) electrons. The fraction of sp³-hybridized carbons (Fsp3) is 0.333. The van der Waals surface area contributed by atoms with Crippen molar-refractivity contribution in [2.24, 2.45) is 0 Å². The van der Waals surface area contributed by atoms with Crippen LogP contribution in [0.4, 0.5) is 14.9 Å². The van der Waals surface area contributed by atoms with Gasteiger partial charge >= 0.3 is 12.0 Å². The number of anilines is 1. The van der Waals surface area contributed by atoms with Crippen LogP contribution in [-0.2, 0) is 4.79 Å². The number of urea groups is 1. The number of carbonyl (C=O) groups is 2. The molecule has 1 aromatic carbocycles. The predicted octanol–water partition coefficient (Wildman–Crippen LogP) is 2.15. The quantitative estimate of drug-likeness (QED) is 0.748. The van der Waals surface area contributed by atoms with E-state index in [9.17, 15) is 14.0 Å². The number of aliphatic carboxylic acids is 1. The molecule has 1 atom stereocenters. The van der Waals surface area contributed by atoms with Crippen LogP contribution >= 0.6 is 11.8 Å². The Labute approximate surface area is 114 Å². The molecule has 1 unspecified atom stereocenters. The third kappa shape index (κ3) is 5.60. The molecule has 0 spiro atoms. The standard InChI is InChI=1S/C12H15FN2O3S/c1-19-6-5-10(11(16)17)15-12(18)14-9-4-2-3-8(13)7-9/h2-4,7,10H,5-6H2,1H3,(H,16,17)(H2,14,15,18). The van der Waals surface area contributed by atoms with Gasteiger partial charge in [-0.2, -0.15) is 11.8 Å². The Morgan fingerprint density at radius 2 is 2.21 bits per heavy atom. The number of nitrogens with one attached hydrogen (secondary N) is 2. The summed E-state index contributed by atoms with van der Waals surface area (Å²) in [6.45, 7) is 0. The predicted molar refractivity (Wildman–Crippen MR) is 73.0 cm³/mol. The van der Waals surface area contributed by atoms with Gasteiger partial charge in [0.15, 0.2) is 0 Å². The molecule has 0 fully saturated rings. The van der Waals surface area contributed by atoms with Gasteiger partial charge in [-0.3, -0.25) is 0 Å². The van der Waals surface area contributed by atoms with Gasteiger partial charge in [-0.1, -0.05) is 6.07 Å². The molecular weight excluding hydrogens is 271 g/mol. The normalized spacial score (nSPS) is 11.7. The van der Waals surface area contributed by atoms with Crippen LogP contribution in [0, 0.1) is 5.82 Å². The molecule has 0 saturated heterocycles. The topological polar surface area (TPSA) is 78.4 Å². The second-order valence-corrected chi connectivity index (χ2v) is 4.77. The molecule has 5 nitrogen and oxygen atoms in total. The number of carboxylic acids is 1. The first-order valence-electron chi connectivity index (χ1n) is 5.57. The number of hydrogen-bond acceptors (Lipinski definition) is 3. The van der Waals surface area contributed by atoms with Crippen LogP contribution in [0.25, 0.3) is 0 Å². The van der Waals surface area contributed by atoms with E-state index in [0.717, 1.165) is 6.07 Å². The van der Waals surface area contributed by atoms with Crippen molar-refractivity contribution in [1.29, 1.82) is 0 Å². The number of rotatable bonds is 6. The van der Waals surface area contributed by atoms with Crippen molar-refractivity contribution in [2.45, 2.75) is 12.5 Å². The van der Waals surface area contributed by atoms with E-state index in [0.29, 0.717) is 12.2 Å². The second kappa shape index (κ2) is 7.63. The summed E-state index contributed by atoms with van der Waals surface area (Å²) in [5, 5.41) is 13.7. The Bertz CT molecular complexity index is 456. The van der Waals surface area contributed by atoms with Crippen LogP contribution in [0.2, 0.25) is 0 Å². The van der Waals surface area contributed by atoms with Crippen molar-refractivity contribution in [2.75, 3.05) is 17.3 Å². The molecule has 1 aromatic rings. The van der Waals surface area contributed by atoms with Crippen molar-refractivity contribution in [1.82, 2.24) is 5.32 Å². The molecule has 3 N–H and O–H groups in total. The summed E-state index contributed by atoms with van der Waals surface area (Å²) in [5.74, 6) is -0.949. The van der Waals surface area contributed by atoms with Gasteiger partial charge in [0.2, 0.25) is 0 Å². The lowest BCUT2D eigenvalue weighted by atomic mass is 10.2. The Hall–Kier alpha value is -1.76. The molecule has 0 aliphatic heterocycles. The van der Waals surface area contributed by atoms with E-state index in [4.69, 9.17) is 5.11 Å². The number of carbonyl (C=O) groups excluding carboxylic acids is 1. The van der Waals surface area contributed by atoms with Gasteiger partial charge in [0.05, 0.1) is 0 Å². The average Bonchev–Trinajstić information content (AvgIpc) is 2.34. The first-order chi connectivity index (χ1) is 9.02. The van der Waals surface area contributed by atoms with E-state index in [2.05, 4.69) is 10.6 Å². The third-order valence-corrected chi connectivity index (χ3v) is 2.94. The van der Waals surface area contributed by atoms with Crippen LogP contribution in [0.15, 0.2) is 24.3 Å². The number of amides is 2. The Balaban J connectivity index is 2.55. The van der Waals surface area contributed by atoms with E-state index in [1.807, 2.05) is 6.26 Å². The van der Waals surface area contributed by atoms with Crippen LogP contribution < -0.4 is 10.6 Å². The van der Waals surface area contributed by atoms with Crippen LogP contribution in [-0.4, -0.2) is 35.2 Å². The summed E-state index contributed by atoms with van der Waals surface area (Å²) >= 11 is 1.50. The minimum absolute atomic E-state index is 0.270. The van der Waals surface area contributed by atoms with Crippen LogP contribution in [0.3, 0.4) is 0 Å². The van der Waals surface area contributed by atoms with Gasteiger partial charge < -0.3 is 15.7 Å². The van der Waals surface area contributed by atoms with Crippen molar-refractivity contribution in [3.8, 4) is 0 Å². The molecular formula is C12H15FN2O3S. The monoisotopic (exact) mass is 286 g/mol. The summed E-state index contributed by atoms with van der Waals surface area (Å²) < 4.78 is 12.9. The van der Waals surface area contributed by atoms with E-state index in [1.165, 1.54) is 30.0 Å². The van der Waals surface area contributed by atoms with Crippen molar-refractivity contribution in [3.05, 3.63) is 30.1 Å². The van der Waals surface area contributed by atoms with Crippen molar-refractivity contribution in [3.63, 3.8) is 0 Å². The molecule has 1 rings (SSSR count). The minimum atomic E-state index is -1.09. The van der Waals surface area contributed by atoms with Crippen molar-refractivity contribution >= 4 is 29.4 Å². The Morgan fingerprint density at radius 3 is 2.79 bits per heavy atom. The van der Waals surface area contributed by atoms with E-state index in [1.54, 1.807) is 0 Å². The molecule has 7 heteroatoms. The summed E-state index contributed by atoms with van der Waals surface area (Å²) in [4.78, 5) is 22.5. The fourth-order valence-corrected chi connectivity index (χ4v) is 1.86. The Kier molecular flexibility index (Phi) is 6.14. The van der Waals surface area contributed by atoms with Gasteiger partial charge in [-0.15, -0.1) is 0 Å². The third-order valence-electron chi connectivity index (χ3n) is 2.30. The molecule has 0 aliphatic carbocycles. The smallest absolute Gasteiger partial charge is 0.326 e. The fourth-order valence-electron chi connectivity index (χ4n) is 1.38. The summed E-state index contributed by atoms with van der Waals surface area (Å²) in [5.41, 5.74) is 0.270. The van der Waals surface area contributed by atoms with Gasteiger partial charge in [-0.05, 0) is 36.6 Å². The highest BCUT2D eigenvalue weighted by atomic mass is 32.2. The van der Waals surface area contributed by atoms with E-state index in [-0.39, 0.29) is 5.69 Å². The van der Waals surface area contributed by atoms with E-state index < -0.39 is 23.9 Å². The maximum Gasteiger partial charge on any atom is 0.326 e. The molecule has 0 saturated carbocycles. The molecule has 0 bridgehead atoms. The first-order valence-corrected chi connectivity index (χ1v) is 6.97. The SMILES string of the molecule is CSCCC(NC(=O)Nc1cccc(F)c1)C(=O)O. The maximum atomic E-state index is 12.9. The lowest BCUT2D eigenvalue weighted by Gasteiger charge is -2.14. The zero-order valence-electron chi connectivity index (χ0n) is 10.4. The Morgan fingerprint density at radius 1 is 1.47 bits per heavy atom. The van der Waals surface area contributed by atoms with Gasteiger partial charge in [0.1, 0.15) is 11.9 Å². The molecule has 0 aliphatic rings. The summed E-state index contributed by atoms with van der Waals surface area (Å²) in [6, 6.07) is 3.74. The number of halogens is 1. The molecule has 0 aromatic heterocycles. The average molecular weight is 286 g/mol. The van der Waals surface area contributed by atoms with Gasteiger partial charge in [0.25, 0.3) is 0 Å². The molecule has 19 heavy (non-hydrogen) atoms. The zero-order valence-corrected chi connectivity index (χ0v) is 11.2. The number of thioether (sulfide) groups is 1. The first kappa shape index (κ1) is 15.3. The largest absolute Gasteiger partial charge is 0.480 e. The highest BCUT2D eigenvalue weighted by Gasteiger charge is 2.19. The zero-order chi connectivity index (χ0) is 14.3. The number of benzene rings is 1. The second-order valence-electron chi connectivity index (χ2n) is 3.78. The summed E-state index contributed by atoms with van der Waals surface area (Å²) in [6.07, 6.45) is 2.18. The van der Waals surface area contributed by atoms with E-state index >= 15 is 0 Å². The van der Waals surface area contributed by atoms with Crippen molar-refractivity contribution < 1.29 is 19.1 Å². The van der Waals surface area contributed by atoms with Crippen LogP contribution in [0.1, 0.15) is 6.42 Å². The highest BCUT2D eigenvalue weighted by molar-refractivity contribution is 7.98. The summed E-state index contributed by atoms with van der Waals surface area (Å²) in [7, 11) is 0. The molecule has 0 heterocycles. The minimum Gasteiger partial charge on any atom is -0.480 e. The number of carboxylic acid groups (broad SMARTS) is 1. The van der Waals surface area contributed by atoms with Crippen LogP contribution in [0.5, 0.6) is 0 Å². The molecule has 104 valence electrons. The lowest BCUT2D eigenvalue weighted by molar-refractivity contribution is -0.139.